The number of benzene rings is 1. The van der Waals surface area contributed by atoms with E-state index in [1.807, 2.05) is 24.3 Å². The van der Waals surface area contributed by atoms with E-state index in [2.05, 4.69) is 27.1 Å². The van der Waals surface area contributed by atoms with Crippen LogP contribution in [-0.4, -0.2) is 47.0 Å². The largest absolute Gasteiger partial charge is 0.352 e. The lowest BCUT2D eigenvalue weighted by Crippen LogP contribution is -2.36. The first-order chi connectivity index (χ1) is 12.2. The van der Waals surface area contributed by atoms with Crippen LogP contribution in [0.15, 0.2) is 43.0 Å². The quantitative estimate of drug-likeness (QED) is 0.823. The number of likely N-dealkylation sites (tertiary alicyclic amines) is 1. The van der Waals surface area contributed by atoms with Crippen LogP contribution in [0, 0.1) is 5.92 Å². The van der Waals surface area contributed by atoms with E-state index >= 15 is 0 Å². The minimum Gasteiger partial charge on any atom is -0.352 e. The average molecular weight is 338 g/mol. The predicted octanol–water partition coefficient (Wildman–Crippen LogP) is 3.00. The van der Waals surface area contributed by atoms with Gasteiger partial charge >= 0.3 is 0 Å². The van der Waals surface area contributed by atoms with Crippen molar-refractivity contribution in [2.75, 3.05) is 26.2 Å². The maximum atomic E-state index is 12.6. The van der Waals surface area contributed by atoms with Gasteiger partial charge in [0.05, 0.1) is 0 Å². The van der Waals surface area contributed by atoms with Crippen LogP contribution in [-0.2, 0) is 0 Å². The molecule has 1 saturated heterocycles. The van der Waals surface area contributed by atoms with Crippen LogP contribution >= 0.6 is 0 Å². The molecule has 1 N–H and O–H groups in total. The van der Waals surface area contributed by atoms with Crippen molar-refractivity contribution in [1.82, 2.24) is 20.2 Å². The van der Waals surface area contributed by atoms with Gasteiger partial charge in [0, 0.05) is 36.6 Å². The topological polar surface area (TPSA) is 58.1 Å². The molecule has 5 heteroatoms. The van der Waals surface area contributed by atoms with Gasteiger partial charge in [0.1, 0.15) is 6.33 Å². The summed E-state index contributed by atoms with van der Waals surface area (Å²) in [5.41, 5.74) is 2.39. The molecule has 1 aromatic heterocycles. The van der Waals surface area contributed by atoms with Crippen molar-refractivity contribution in [2.24, 2.45) is 5.92 Å². The van der Waals surface area contributed by atoms with Crippen LogP contribution in [0.3, 0.4) is 0 Å². The molecule has 5 nitrogen and oxygen atoms in total. The van der Waals surface area contributed by atoms with Gasteiger partial charge in [-0.25, -0.2) is 9.97 Å². The summed E-state index contributed by atoms with van der Waals surface area (Å²) in [5, 5.41) is 3.05. The van der Waals surface area contributed by atoms with Crippen molar-refractivity contribution in [1.29, 1.82) is 0 Å². The van der Waals surface area contributed by atoms with E-state index in [4.69, 9.17) is 0 Å². The number of hydrogen-bond acceptors (Lipinski definition) is 4. The molecule has 1 aliphatic rings. The minimum atomic E-state index is -0.0357. The Hall–Kier alpha value is -2.27. The number of hydrogen-bond donors (Lipinski definition) is 1. The number of carbonyl (C=O) groups excluding carboxylic acids is 1. The van der Waals surface area contributed by atoms with Crippen LogP contribution < -0.4 is 5.32 Å². The number of piperidine rings is 1. The zero-order valence-corrected chi connectivity index (χ0v) is 14.8. The smallest absolute Gasteiger partial charge is 0.251 e. The Labute approximate surface area is 149 Å². The van der Waals surface area contributed by atoms with Crippen LogP contribution in [0.25, 0.3) is 11.1 Å². The third-order valence-electron chi connectivity index (χ3n) is 4.72. The van der Waals surface area contributed by atoms with Gasteiger partial charge in [0.2, 0.25) is 0 Å². The highest BCUT2D eigenvalue weighted by atomic mass is 16.1. The average Bonchev–Trinajstić information content (AvgIpc) is 2.66. The number of carbonyl (C=O) groups is 1. The van der Waals surface area contributed by atoms with E-state index in [0.29, 0.717) is 12.1 Å². The van der Waals surface area contributed by atoms with Crippen molar-refractivity contribution in [3.63, 3.8) is 0 Å². The van der Waals surface area contributed by atoms with Crippen LogP contribution in [0.4, 0.5) is 0 Å². The first-order valence-electron chi connectivity index (χ1n) is 9.09. The Kier molecular flexibility index (Phi) is 6.12. The molecule has 2 heterocycles. The zero-order chi connectivity index (χ0) is 17.5. The van der Waals surface area contributed by atoms with Crippen LogP contribution in [0.5, 0.6) is 0 Å². The number of rotatable bonds is 6. The standard InChI is InChI=1S/C20H26N4O/c1-16-6-4-10-24(14-16)11-5-9-23-20(25)19-8-3-2-7-18(19)17-12-21-15-22-13-17/h2-3,7-8,12-13,15-16H,4-6,9-11,14H2,1H3,(H,23,25)/t16-/m1/s1. The lowest BCUT2D eigenvalue weighted by Gasteiger charge is -2.30. The summed E-state index contributed by atoms with van der Waals surface area (Å²) in [6, 6.07) is 7.60. The molecular weight excluding hydrogens is 312 g/mol. The van der Waals surface area contributed by atoms with Gasteiger partial charge < -0.3 is 10.2 Å². The van der Waals surface area contributed by atoms with Gasteiger partial charge in [-0.2, -0.15) is 0 Å². The highest BCUT2D eigenvalue weighted by Crippen LogP contribution is 2.22. The van der Waals surface area contributed by atoms with E-state index in [9.17, 15) is 4.79 Å². The molecule has 25 heavy (non-hydrogen) atoms. The van der Waals surface area contributed by atoms with Crippen LogP contribution in [0.1, 0.15) is 36.5 Å². The minimum absolute atomic E-state index is 0.0357. The van der Waals surface area contributed by atoms with Crippen molar-refractivity contribution in [2.45, 2.75) is 26.2 Å². The van der Waals surface area contributed by atoms with Gasteiger partial charge in [-0.3, -0.25) is 4.79 Å². The summed E-state index contributed by atoms with van der Waals surface area (Å²) in [4.78, 5) is 23.2. The molecule has 1 aliphatic heterocycles. The molecule has 2 aromatic rings. The molecule has 3 rings (SSSR count). The molecule has 0 aliphatic carbocycles. The maximum Gasteiger partial charge on any atom is 0.251 e. The molecule has 0 spiro atoms. The van der Waals surface area contributed by atoms with E-state index in [1.54, 1.807) is 12.4 Å². The lowest BCUT2D eigenvalue weighted by atomic mass is 10.0. The van der Waals surface area contributed by atoms with Crippen molar-refractivity contribution < 1.29 is 4.79 Å². The predicted molar refractivity (Wildman–Crippen MR) is 99.3 cm³/mol. The van der Waals surface area contributed by atoms with E-state index in [1.165, 1.54) is 32.3 Å². The molecule has 1 atom stereocenters. The molecule has 1 fully saturated rings. The Morgan fingerprint density at radius 1 is 1.28 bits per heavy atom. The second-order valence-electron chi connectivity index (χ2n) is 6.83. The Bertz CT molecular complexity index is 689. The first kappa shape index (κ1) is 17.5. The Balaban J connectivity index is 1.54. The zero-order valence-electron chi connectivity index (χ0n) is 14.8. The summed E-state index contributed by atoms with van der Waals surface area (Å²) in [7, 11) is 0. The molecule has 0 saturated carbocycles. The third-order valence-corrected chi connectivity index (χ3v) is 4.72. The summed E-state index contributed by atoms with van der Waals surface area (Å²) < 4.78 is 0. The summed E-state index contributed by atoms with van der Waals surface area (Å²) >= 11 is 0. The van der Waals surface area contributed by atoms with Gasteiger partial charge in [0.25, 0.3) is 5.91 Å². The fourth-order valence-electron chi connectivity index (χ4n) is 3.46. The van der Waals surface area contributed by atoms with Crippen molar-refractivity contribution in [3.05, 3.63) is 48.5 Å². The number of amides is 1. The van der Waals surface area contributed by atoms with Gasteiger partial charge in [-0.15, -0.1) is 0 Å². The molecule has 1 aromatic carbocycles. The Morgan fingerprint density at radius 2 is 2.08 bits per heavy atom. The molecule has 0 unspecified atom stereocenters. The van der Waals surface area contributed by atoms with E-state index in [0.717, 1.165) is 30.0 Å². The second kappa shape index (κ2) is 8.72. The highest BCUT2D eigenvalue weighted by molar-refractivity contribution is 6.00. The van der Waals surface area contributed by atoms with Crippen molar-refractivity contribution >= 4 is 5.91 Å². The second-order valence-corrected chi connectivity index (χ2v) is 6.83. The Morgan fingerprint density at radius 3 is 2.88 bits per heavy atom. The van der Waals surface area contributed by atoms with Crippen LogP contribution in [0.2, 0.25) is 0 Å². The maximum absolute atomic E-state index is 12.6. The number of aromatic nitrogens is 2. The summed E-state index contributed by atoms with van der Waals surface area (Å²) in [6.45, 7) is 6.44. The molecule has 0 bridgehead atoms. The van der Waals surface area contributed by atoms with E-state index in [-0.39, 0.29) is 5.91 Å². The van der Waals surface area contributed by atoms with Gasteiger partial charge in [0.15, 0.2) is 0 Å². The molecule has 1 amide bonds. The lowest BCUT2D eigenvalue weighted by molar-refractivity contribution is 0.0950. The summed E-state index contributed by atoms with van der Waals surface area (Å²) in [5.74, 6) is 0.759. The first-order valence-corrected chi connectivity index (χ1v) is 9.09. The number of nitrogens with zero attached hydrogens (tertiary/aromatic N) is 3. The van der Waals surface area contributed by atoms with Gasteiger partial charge in [-0.05, 0) is 49.9 Å². The van der Waals surface area contributed by atoms with E-state index < -0.39 is 0 Å². The van der Waals surface area contributed by atoms with Gasteiger partial charge in [-0.1, -0.05) is 25.1 Å². The third kappa shape index (κ3) is 4.86. The molecular formula is C20H26N4O. The SMILES string of the molecule is C[C@@H]1CCCN(CCCNC(=O)c2ccccc2-c2cncnc2)C1. The van der Waals surface area contributed by atoms with Crippen molar-refractivity contribution in [3.8, 4) is 11.1 Å². The monoisotopic (exact) mass is 338 g/mol. The highest BCUT2D eigenvalue weighted by Gasteiger charge is 2.16. The number of nitrogens with one attached hydrogen (secondary N) is 1. The molecule has 0 radical (unpaired) electrons. The molecule has 132 valence electrons. The fourth-order valence-corrected chi connectivity index (χ4v) is 3.46. The normalized spacial score (nSPS) is 18.0. The fraction of sp³-hybridized carbons (Fsp3) is 0.450. The summed E-state index contributed by atoms with van der Waals surface area (Å²) in [6.07, 6.45) is 8.57.